The summed E-state index contributed by atoms with van der Waals surface area (Å²) in [6.45, 7) is 9.80. The maximum Gasteiger partial charge on any atom is 0.0107 e. The van der Waals surface area contributed by atoms with E-state index in [2.05, 4.69) is 24.1 Å². The summed E-state index contributed by atoms with van der Waals surface area (Å²) in [5, 5.41) is 3.70. The molecule has 1 saturated carbocycles. The smallest absolute Gasteiger partial charge is 0.0107 e. The molecule has 2 fully saturated rings. The van der Waals surface area contributed by atoms with E-state index < -0.39 is 0 Å². The van der Waals surface area contributed by atoms with Gasteiger partial charge in [0, 0.05) is 12.6 Å². The van der Waals surface area contributed by atoms with Crippen molar-refractivity contribution in [3.63, 3.8) is 0 Å². The zero-order chi connectivity index (χ0) is 13.5. The Balaban J connectivity index is 1.76. The molecule has 3 atom stereocenters. The van der Waals surface area contributed by atoms with E-state index in [0.29, 0.717) is 0 Å². The Morgan fingerprint density at radius 2 is 1.89 bits per heavy atom. The molecule has 2 heteroatoms. The monoisotopic (exact) mass is 266 g/mol. The molecule has 0 amide bonds. The van der Waals surface area contributed by atoms with Crippen molar-refractivity contribution in [1.29, 1.82) is 0 Å². The fourth-order valence-electron chi connectivity index (χ4n) is 4.22. The predicted octanol–water partition coefficient (Wildman–Crippen LogP) is 3.67. The lowest BCUT2D eigenvalue weighted by atomic mass is 9.96. The van der Waals surface area contributed by atoms with Crippen LogP contribution in [-0.4, -0.2) is 37.1 Å². The largest absolute Gasteiger partial charge is 0.314 e. The van der Waals surface area contributed by atoms with Crippen LogP contribution >= 0.6 is 0 Å². The lowest BCUT2D eigenvalue weighted by Crippen LogP contribution is -2.39. The molecular formula is C17H34N2. The SMILES string of the molecule is CCCC1CCCN(CC2CCCC2NCC)CC1. The Kier molecular flexibility index (Phi) is 6.66. The van der Waals surface area contributed by atoms with Crippen LogP contribution in [0.15, 0.2) is 0 Å². The van der Waals surface area contributed by atoms with Gasteiger partial charge in [-0.05, 0) is 63.6 Å². The van der Waals surface area contributed by atoms with Crippen LogP contribution < -0.4 is 5.32 Å². The maximum atomic E-state index is 3.70. The number of likely N-dealkylation sites (tertiary alicyclic amines) is 1. The van der Waals surface area contributed by atoms with Crippen LogP contribution in [0.3, 0.4) is 0 Å². The fraction of sp³-hybridized carbons (Fsp3) is 1.00. The summed E-state index contributed by atoms with van der Waals surface area (Å²) < 4.78 is 0. The van der Waals surface area contributed by atoms with Gasteiger partial charge in [-0.25, -0.2) is 0 Å². The number of nitrogens with one attached hydrogen (secondary N) is 1. The summed E-state index contributed by atoms with van der Waals surface area (Å²) in [7, 11) is 0. The normalized spacial score (nSPS) is 33.5. The van der Waals surface area contributed by atoms with Crippen LogP contribution in [0, 0.1) is 11.8 Å². The van der Waals surface area contributed by atoms with Gasteiger partial charge < -0.3 is 10.2 Å². The molecule has 0 radical (unpaired) electrons. The third kappa shape index (κ3) is 4.75. The minimum Gasteiger partial charge on any atom is -0.314 e. The molecule has 2 rings (SSSR count). The lowest BCUT2D eigenvalue weighted by Gasteiger charge is -2.28. The predicted molar refractivity (Wildman–Crippen MR) is 83.5 cm³/mol. The molecule has 1 heterocycles. The standard InChI is InChI=1S/C17H34N2/c1-3-7-15-8-6-12-19(13-11-15)14-16-9-5-10-17(16)18-4-2/h15-18H,3-14H2,1-2H3. The Morgan fingerprint density at radius 3 is 2.68 bits per heavy atom. The molecule has 0 bridgehead atoms. The molecule has 3 unspecified atom stereocenters. The second-order valence-electron chi connectivity index (χ2n) is 6.74. The molecule has 0 spiro atoms. The van der Waals surface area contributed by atoms with Gasteiger partial charge in [0.1, 0.15) is 0 Å². The van der Waals surface area contributed by atoms with Gasteiger partial charge in [0.25, 0.3) is 0 Å². The highest BCUT2D eigenvalue weighted by Crippen LogP contribution is 2.28. The molecule has 19 heavy (non-hydrogen) atoms. The van der Waals surface area contributed by atoms with Crippen LogP contribution in [0.2, 0.25) is 0 Å². The molecule has 2 nitrogen and oxygen atoms in total. The van der Waals surface area contributed by atoms with Gasteiger partial charge in [-0.1, -0.05) is 33.1 Å². The van der Waals surface area contributed by atoms with E-state index in [-0.39, 0.29) is 0 Å². The topological polar surface area (TPSA) is 15.3 Å². The summed E-state index contributed by atoms with van der Waals surface area (Å²) >= 11 is 0. The quantitative estimate of drug-likeness (QED) is 0.789. The van der Waals surface area contributed by atoms with E-state index in [9.17, 15) is 0 Å². The van der Waals surface area contributed by atoms with Gasteiger partial charge in [0.2, 0.25) is 0 Å². The molecule has 1 N–H and O–H groups in total. The highest BCUT2D eigenvalue weighted by atomic mass is 15.1. The molecular weight excluding hydrogens is 232 g/mol. The molecule has 112 valence electrons. The van der Waals surface area contributed by atoms with Gasteiger partial charge in [0.15, 0.2) is 0 Å². The van der Waals surface area contributed by atoms with E-state index in [4.69, 9.17) is 0 Å². The van der Waals surface area contributed by atoms with Crippen molar-refractivity contribution in [2.24, 2.45) is 11.8 Å². The van der Waals surface area contributed by atoms with Crippen LogP contribution in [0.5, 0.6) is 0 Å². The lowest BCUT2D eigenvalue weighted by molar-refractivity contribution is 0.218. The Morgan fingerprint density at radius 1 is 1.00 bits per heavy atom. The second-order valence-corrected chi connectivity index (χ2v) is 6.74. The molecule has 0 aromatic heterocycles. The van der Waals surface area contributed by atoms with Gasteiger partial charge in [0.05, 0.1) is 0 Å². The summed E-state index contributed by atoms with van der Waals surface area (Å²) in [5.74, 6) is 1.94. The van der Waals surface area contributed by atoms with Crippen molar-refractivity contribution in [2.45, 2.75) is 71.3 Å². The third-order valence-corrected chi connectivity index (χ3v) is 5.26. The summed E-state index contributed by atoms with van der Waals surface area (Å²) in [6.07, 6.45) is 11.5. The van der Waals surface area contributed by atoms with Crippen molar-refractivity contribution in [1.82, 2.24) is 10.2 Å². The number of hydrogen-bond acceptors (Lipinski definition) is 2. The van der Waals surface area contributed by atoms with Gasteiger partial charge in [-0.15, -0.1) is 0 Å². The number of hydrogen-bond donors (Lipinski definition) is 1. The first-order valence-corrected chi connectivity index (χ1v) is 8.79. The average molecular weight is 266 g/mol. The molecule has 1 aliphatic carbocycles. The fourth-order valence-corrected chi connectivity index (χ4v) is 4.22. The number of rotatable bonds is 6. The summed E-state index contributed by atoms with van der Waals surface area (Å²) in [4.78, 5) is 2.77. The van der Waals surface area contributed by atoms with Crippen molar-refractivity contribution < 1.29 is 0 Å². The second kappa shape index (κ2) is 8.26. The van der Waals surface area contributed by atoms with E-state index >= 15 is 0 Å². The van der Waals surface area contributed by atoms with Gasteiger partial charge in [-0.2, -0.15) is 0 Å². The van der Waals surface area contributed by atoms with Crippen LogP contribution in [0.4, 0.5) is 0 Å². The highest BCUT2D eigenvalue weighted by Gasteiger charge is 2.28. The Labute approximate surface area is 120 Å². The van der Waals surface area contributed by atoms with E-state index in [1.165, 1.54) is 71.0 Å². The average Bonchev–Trinajstić information content (AvgIpc) is 2.70. The van der Waals surface area contributed by atoms with E-state index in [1.54, 1.807) is 0 Å². The minimum atomic E-state index is 0.805. The molecule has 2 aliphatic rings. The summed E-state index contributed by atoms with van der Waals surface area (Å²) in [6, 6.07) is 0.805. The van der Waals surface area contributed by atoms with E-state index in [0.717, 1.165) is 24.4 Å². The Hall–Kier alpha value is -0.0800. The highest BCUT2D eigenvalue weighted by molar-refractivity contribution is 4.85. The van der Waals surface area contributed by atoms with Gasteiger partial charge >= 0.3 is 0 Å². The summed E-state index contributed by atoms with van der Waals surface area (Å²) in [5.41, 5.74) is 0. The van der Waals surface area contributed by atoms with Crippen molar-refractivity contribution in [3.05, 3.63) is 0 Å². The molecule has 1 aliphatic heterocycles. The number of nitrogens with zero attached hydrogens (tertiary/aromatic N) is 1. The van der Waals surface area contributed by atoms with Crippen molar-refractivity contribution in [3.8, 4) is 0 Å². The van der Waals surface area contributed by atoms with Crippen LogP contribution in [0.25, 0.3) is 0 Å². The third-order valence-electron chi connectivity index (χ3n) is 5.26. The first-order chi connectivity index (χ1) is 9.33. The Bertz CT molecular complexity index is 241. The van der Waals surface area contributed by atoms with E-state index in [1.807, 2.05) is 0 Å². The van der Waals surface area contributed by atoms with Crippen LogP contribution in [-0.2, 0) is 0 Å². The molecule has 1 saturated heterocycles. The molecule has 0 aromatic carbocycles. The zero-order valence-corrected chi connectivity index (χ0v) is 13.2. The first-order valence-electron chi connectivity index (χ1n) is 8.79. The van der Waals surface area contributed by atoms with Crippen LogP contribution in [0.1, 0.15) is 65.2 Å². The maximum absolute atomic E-state index is 3.70. The minimum absolute atomic E-state index is 0.805. The zero-order valence-electron chi connectivity index (χ0n) is 13.2. The van der Waals surface area contributed by atoms with Gasteiger partial charge in [-0.3, -0.25) is 0 Å². The molecule has 0 aromatic rings. The first kappa shape index (κ1) is 15.3. The van der Waals surface area contributed by atoms with Crippen molar-refractivity contribution >= 4 is 0 Å². The van der Waals surface area contributed by atoms with Crippen molar-refractivity contribution in [2.75, 3.05) is 26.2 Å².